The number of carboxylic acids is 1. The summed E-state index contributed by atoms with van der Waals surface area (Å²) in [6, 6.07) is 6.00. The number of aryl methyl sites for hydroxylation is 2. The monoisotopic (exact) mass is 291 g/mol. The molecule has 0 unspecified atom stereocenters. The molecule has 0 saturated heterocycles. The lowest BCUT2D eigenvalue weighted by Gasteiger charge is -2.06. The molecule has 0 radical (unpaired) electrons. The number of aromatic nitrogens is 1. The minimum Gasteiger partial charge on any atom is -0.478 e. The summed E-state index contributed by atoms with van der Waals surface area (Å²) in [6.45, 7) is 6.54. The van der Waals surface area contributed by atoms with Crippen LogP contribution in [0.5, 0.6) is 0 Å². The number of para-hydroxylation sites is 1. The molecule has 0 atom stereocenters. The van der Waals surface area contributed by atoms with E-state index in [1.807, 2.05) is 25.1 Å². The highest BCUT2D eigenvalue weighted by Gasteiger charge is 2.16. The fraction of sp³-hybridized carbons (Fsp3) is 0.312. The fourth-order valence-electron chi connectivity index (χ4n) is 2.44. The normalized spacial score (nSPS) is 12.1. The van der Waals surface area contributed by atoms with E-state index in [0.29, 0.717) is 5.15 Å². The van der Waals surface area contributed by atoms with Crippen molar-refractivity contribution in [2.45, 2.75) is 33.7 Å². The lowest BCUT2D eigenvalue weighted by atomic mass is 10.1. The summed E-state index contributed by atoms with van der Waals surface area (Å²) < 4.78 is 2.06. The summed E-state index contributed by atoms with van der Waals surface area (Å²) in [5.74, 6) is -0.926. The van der Waals surface area contributed by atoms with Crippen LogP contribution in [0.2, 0.25) is 5.15 Å². The zero-order valence-corrected chi connectivity index (χ0v) is 12.7. The predicted octanol–water partition coefficient (Wildman–Crippen LogP) is 4.50. The van der Waals surface area contributed by atoms with Crippen LogP contribution in [0.1, 0.15) is 31.4 Å². The molecule has 20 heavy (non-hydrogen) atoms. The smallest absolute Gasteiger partial charge is 0.331 e. The van der Waals surface area contributed by atoms with E-state index in [0.717, 1.165) is 35.0 Å². The van der Waals surface area contributed by atoms with Gasteiger partial charge in [0.25, 0.3) is 0 Å². The van der Waals surface area contributed by atoms with Gasteiger partial charge in [0, 0.05) is 23.1 Å². The van der Waals surface area contributed by atoms with Gasteiger partial charge in [0.1, 0.15) is 5.15 Å². The topological polar surface area (TPSA) is 42.2 Å². The highest BCUT2D eigenvalue weighted by Crippen LogP contribution is 2.33. The number of rotatable bonds is 4. The standard InChI is InChI=1S/C16H18ClNO2/c1-4-8-18-14-10(2)6-5-7-12(14)13(15(18)17)9-11(3)16(19)20/h5-7,9H,4,8H2,1-3H3,(H,19,20)/b11-9+. The Balaban J connectivity index is 2.78. The minimum absolute atomic E-state index is 0.281. The van der Waals surface area contributed by atoms with Gasteiger partial charge in [0.2, 0.25) is 0 Å². The van der Waals surface area contributed by atoms with E-state index in [4.69, 9.17) is 16.7 Å². The molecule has 0 bridgehead atoms. The zero-order valence-electron chi connectivity index (χ0n) is 11.9. The highest BCUT2D eigenvalue weighted by molar-refractivity contribution is 6.33. The second-order valence-electron chi connectivity index (χ2n) is 4.96. The Morgan fingerprint density at radius 1 is 1.45 bits per heavy atom. The molecule has 2 rings (SSSR count). The first-order valence-corrected chi connectivity index (χ1v) is 7.04. The van der Waals surface area contributed by atoms with Gasteiger partial charge in [-0.2, -0.15) is 0 Å². The SMILES string of the molecule is CCCn1c(Cl)c(/C=C(\C)C(=O)O)c2cccc(C)c21. The lowest BCUT2D eigenvalue weighted by Crippen LogP contribution is -1.98. The Morgan fingerprint density at radius 2 is 2.15 bits per heavy atom. The van der Waals surface area contributed by atoms with Gasteiger partial charge in [-0.15, -0.1) is 0 Å². The molecule has 1 aromatic carbocycles. The van der Waals surface area contributed by atoms with Crippen LogP contribution < -0.4 is 0 Å². The summed E-state index contributed by atoms with van der Waals surface area (Å²) in [7, 11) is 0. The largest absolute Gasteiger partial charge is 0.478 e. The van der Waals surface area contributed by atoms with E-state index < -0.39 is 5.97 Å². The van der Waals surface area contributed by atoms with Gasteiger partial charge in [-0.3, -0.25) is 0 Å². The number of fused-ring (bicyclic) bond motifs is 1. The van der Waals surface area contributed by atoms with Crippen molar-refractivity contribution in [2.24, 2.45) is 0 Å². The van der Waals surface area contributed by atoms with Crippen LogP contribution in [0.15, 0.2) is 23.8 Å². The third-order valence-electron chi connectivity index (χ3n) is 3.40. The zero-order chi connectivity index (χ0) is 14.9. The summed E-state index contributed by atoms with van der Waals surface area (Å²) in [5, 5.41) is 10.7. The molecule has 0 spiro atoms. The quantitative estimate of drug-likeness (QED) is 0.843. The number of hydrogen-bond donors (Lipinski definition) is 1. The maximum absolute atomic E-state index is 11.0. The molecule has 0 aliphatic heterocycles. The molecule has 0 aliphatic rings. The molecule has 1 aromatic heterocycles. The van der Waals surface area contributed by atoms with Crippen molar-refractivity contribution in [2.75, 3.05) is 0 Å². The molecular formula is C16H18ClNO2. The summed E-state index contributed by atoms with van der Waals surface area (Å²) in [5.41, 5.74) is 3.30. The van der Waals surface area contributed by atoms with Crippen molar-refractivity contribution < 1.29 is 9.90 Å². The number of carbonyl (C=O) groups is 1. The molecule has 4 heteroatoms. The van der Waals surface area contributed by atoms with Crippen LogP contribution >= 0.6 is 11.6 Å². The van der Waals surface area contributed by atoms with Crippen LogP contribution in [0.25, 0.3) is 17.0 Å². The molecule has 0 aliphatic carbocycles. The maximum Gasteiger partial charge on any atom is 0.331 e. The third-order valence-corrected chi connectivity index (χ3v) is 3.81. The summed E-state index contributed by atoms with van der Waals surface area (Å²) in [4.78, 5) is 11.0. The van der Waals surface area contributed by atoms with Crippen LogP contribution in [-0.2, 0) is 11.3 Å². The van der Waals surface area contributed by atoms with Gasteiger partial charge in [0.05, 0.1) is 5.52 Å². The third kappa shape index (κ3) is 2.46. The Hall–Kier alpha value is -1.74. The van der Waals surface area contributed by atoms with Crippen molar-refractivity contribution in [3.8, 4) is 0 Å². The second kappa shape index (κ2) is 5.71. The molecule has 3 nitrogen and oxygen atoms in total. The summed E-state index contributed by atoms with van der Waals surface area (Å²) in [6.07, 6.45) is 2.62. The Kier molecular flexibility index (Phi) is 4.19. The number of carboxylic acid groups (broad SMARTS) is 1. The van der Waals surface area contributed by atoms with Crippen molar-refractivity contribution in [1.82, 2.24) is 4.57 Å². The van der Waals surface area contributed by atoms with E-state index in [1.54, 1.807) is 13.0 Å². The van der Waals surface area contributed by atoms with Crippen LogP contribution in [0.3, 0.4) is 0 Å². The van der Waals surface area contributed by atoms with Gasteiger partial charge in [-0.1, -0.05) is 36.7 Å². The Morgan fingerprint density at radius 3 is 2.75 bits per heavy atom. The molecule has 0 amide bonds. The molecule has 2 aromatic rings. The summed E-state index contributed by atoms with van der Waals surface area (Å²) >= 11 is 6.48. The van der Waals surface area contributed by atoms with Crippen molar-refractivity contribution in [3.63, 3.8) is 0 Å². The number of benzene rings is 1. The molecular weight excluding hydrogens is 274 g/mol. The number of aliphatic carboxylic acids is 1. The highest BCUT2D eigenvalue weighted by atomic mass is 35.5. The average Bonchev–Trinajstić information content (AvgIpc) is 2.66. The first kappa shape index (κ1) is 14.7. The first-order chi connectivity index (χ1) is 9.47. The van der Waals surface area contributed by atoms with Crippen molar-refractivity contribution >= 4 is 34.5 Å². The van der Waals surface area contributed by atoms with Crippen molar-refractivity contribution in [1.29, 1.82) is 0 Å². The van der Waals surface area contributed by atoms with Gasteiger partial charge < -0.3 is 9.67 Å². The van der Waals surface area contributed by atoms with Crippen LogP contribution in [0, 0.1) is 6.92 Å². The van der Waals surface area contributed by atoms with Crippen LogP contribution in [-0.4, -0.2) is 15.6 Å². The van der Waals surface area contributed by atoms with Gasteiger partial charge in [0.15, 0.2) is 0 Å². The Bertz CT molecular complexity index is 698. The molecule has 1 N–H and O–H groups in total. The predicted molar refractivity (Wildman–Crippen MR) is 83.3 cm³/mol. The lowest BCUT2D eigenvalue weighted by molar-refractivity contribution is -0.132. The van der Waals surface area contributed by atoms with Gasteiger partial charge in [-0.25, -0.2) is 4.79 Å². The molecule has 1 heterocycles. The molecule has 0 saturated carbocycles. The first-order valence-electron chi connectivity index (χ1n) is 6.66. The van der Waals surface area contributed by atoms with E-state index in [-0.39, 0.29) is 5.57 Å². The minimum atomic E-state index is -0.926. The number of halogens is 1. The average molecular weight is 292 g/mol. The van der Waals surface area contributed by atoms with E-state index in [9.17, 15) is 4.79 Å². The number of hydrogen-bond acceptors (Lipinski definition) is 1. The van der Waals surface area contributed by atoms with E-state index in [1.165, 1.54) is 0 Å². The number of nitrogens with zero attached hydrogens (tertiary/aromatic N) is 1. The van der Waals surface area contributed by atoms with E-state index in [2.05, 4.69) is 11.5 Å². The molecule has 0 fully saturated rings. The van der Waals surface area contributed by atoms with Crippen molar-refractivity contribution in [3.05, 3.63) is 40.1 Å². The maximum atomic E-state index is 11.0. The van der Waals surface area contributed by atoms with Crippen LogP contribution in [0.4, 0.5) is 0 Å². The van der Waals surface area contributed by atoms with Gasteiger partial charge >= 0.3 is 5.97 Å². The molecule has 106 valence electrons. The Labute approximate surface area is 123 Å². The van der Waals surface area contributed by atoms with E-state index >= 15 is 0 Å². The second-order valence-corrected chi connectivity index (χ2v) is 5.32. The van der Waals surface area contributed by atoms with Gasteiger partial charge in [-0.05, 0) is 31.9 Å². The fourth-order valence-corrected chi connectivity index (χ4v) is 2.76.